The van der Waals surface area contributed by atoms with E-state index in [0.29, 0.717) is 59.1 Å². The summed E-state index contributed by atoms with van der Waals surface area (Å²) in [6.45, 7) is 2.62. The van der Waals surface area contributed by atoms with E-state index in [9.17, 15) is 9.59 Å². The topological polar surface area (TPSA) is 121 Å². The number of rotatable bonds is 11. The Bertz CT molecular complexity index is 1580. The van der Waals surface area contributed by atoms with Crippen molar-refractivity contribution in [3.63, 3.8) is 0 Å². The van der Waals surface area contributed by atoms with Crippen LogP contribution in [0, 0.1) is 0 Å². The molecule has 4 rings (SSSR count). The highest BCUT2D eigenvalue weighted by molar-refractivity contribution is 5.97. The van der Waals surface area contributed by atoms with Crippen LogP contribution in [0.2, 0.25) is 0 Å². The standard InChI is InChI=1S/C30H31N3O7/c1-5-39-25-11-7-8-20-18-23(29(35)31-15-14-19-12-13-24(37-3)26(16-19)38-4)30(40-27(20)25)33-32-28(34)21-9-6-10-22(17-21)36-2/h6-13,16-18H,5,14-15H2,1-4H3,(H,31,35)(H,32,34)/b33-30+. The van der Waals surface area contributed by atoms with E-state index in [1.165, 1.54) is 7.11 Å². The molecule has 2 N–H and O–H groups in total. The molecule has 3 aromatic carbocycles. The summed E-state index contributed by atoms with van der Waals surface area (Å²) in [4.78, 5) is 26.1. The number of hydrogen-bond acceptors (Lipinski definition) is 8. The molecule has 4 aromatic rings. The van der Waals surface area contributed by atoms with Gasteiger partial charge in [-0.15, -0.1) is 5.10 Å². The number of fused-ring (bicyclic) bond motifs is 1. The number of nitrogens with one attached hydrogen (secondary N) is 2. The zero-order chi connectivity index (χ0) is 28.5. The highest BCUT2D eigenvalue weighted by Crippen LogP contribution is 2.28. The van der Waals surface area contributed by atoms with Gasteiger partial charge in [0.1, 0.15) is 11.3 Å². The van der Waals surface area contributed by atoms with E-state index in [1.807, 2.05) is 31.2 Å². The van der Waals surface area contributed by atoms with Crippen LogP contribution in [0.15, 0.2) is 76.2 Å². The Morgan fingerprint density at radius 2 is 1.65 bits per heavy atom. The van der Waals surface area contributed by atoms with Crippen LogP contribution in [0.4, 0.5) is 0 Å². The molecule has 0 aliphatic heterocycles. The van der Waals surface area contributed by atoms with Gasteiger partial charge in [0.15, 0.2) is 22.8 Å². The van der Waals surface area contributed by atoms with Crippen LogP contribution in [0.25, 0.3) is 11.0 Å². The van der Waals surface area contributed by atoms with Crippen LogP contribution in [0.1, 0.15) is 33.2 Å². The zero-order valence-electron chi connectivity index (χ0n) is 22.8. The van der Waals surface area contributed by atoms with Crippen LogP contribution in [0.3, 0.4) is 0 Å². The van der Waals surface area contributed by atoms with E-state index in [1.54, 1.807) is 56.7 Å². The van der Waals surface area contributed by atoms with E-state index >= 15 is 0 Å². The van der Waals surface area contributed by atoms with Crippen molar-refractivity contribution in [2.45, 2.75) is 13.3 Å². The van der Waals surface area contributed by atoms with Gasteiger partial charge >= 0.3 is 0 Å². The fourth-order valence-corrected chi connectivity index (χ4v) is 4.02. The highest BCUT2D eigenvalue weighted by atomic mass is 16.5. The molecule has 2 amide bonds. The quantitative estimate of drug-likeness (QED) is 0.273. The molecule has 0 fully saturated rings. The number of amides is 2. The smallest absolute Gasteiger partial charge is 0.271 e. The largest absolute Gasteiger partial charge is 0.497 e. The molecule has 10 nitrogen and oxygen atoms in total. The van der Waals surface area contributed by atoms with Crippen molar-refractivity contribution in [1.82, 2.24) is 10.7 Å². The summed E-state index contributed by atoms with van der Waals surface area (Å²) < 4.78 is 27.5. The number of para-hydroxylation sites is 1. The number of methoxy groups -OCH3 is 3. The van der Waals surface area contributed by atoms with Crippen LogP contribution >= 0.6 is 0 Å². The normalized spacial score (nSPS) is 11.2. The Labute approximate surface area is 231 Å². The lowest BCUT2D eigenvalue weighted by Gasteiger charge is -2.11. The molecule has 0 unspecified atom stereocenters. The molecule has 208 valence electrons. The Kier molecular flexibility index (Phi) is 9.24. The number of benzene rings is 3. The first kappa shape index (κ1) is 28.0. The van der Waals surface area contributed by atoms with Crippen molar-refractivity contribution < 1.29 is 33.0 Å². The summed E-state index contributed by atoms with van der Waals surface area (Å²) >= 11 is 0. The molecule has 0 atom stereocenters. The minimum atomic E-state index is -0.493. The monoisotopic (exact) mass is 545 g/mol. The summed E-state index contributed by atoms with van der Waals surface area (Å²) in [7, 11) is 4.66. The maximum atomic E-state index is 13.3. The lowest BCUT2D eigenvalue weighted by Crippen LogP contribution is -2.32. The molecule has 0 radical (unpaired) electrons. The van der Waals surface area contributed by atoms with Crippen LogP contribution < -0.4 is 35.2 Å². The van der Waals surface area contributed by atoms with Crippen molar-refractivity contribution >= 4 is 22.8 Å². The fraction of sp³-hybridized carbons (Fsp3) is 0.233. The van der Waals surface area contributed by atoms with Gasteiger partial charge in [-0.05, 0) is 61.4 Å². The summed E-state index contributed by atoms with van der Waals surface area (Å²) in [6, 6.07) is 19.2. The molecule has 1 aromatic heterocycles. The van der Waals surface area contributed by atoms with Gasteiger partial charge in [-0.25, -0.2) is 5.43 Å². The van der Waals surface area contributed by atoms with Gasteiger partial charge in [0, 0.05) is 17.5 Å². The van der Waals surface area contributed by atoms with Gasteiger partial charge in [0.25, 0.3) is 11.8 Å². The van der Waals surface area contributed by atoms with E-state index in [0.717, 1.165) is 5.56 Å². The minimum absolute atomic E-state index is 0.0699. The van der Waals surface area contributed by atoms with Gasteiger partial charge in [-0.3, -0.25) is 9.59 Å². The second kappa shape index (κ2) is 13.2. The van der Waals surface area contributed by atoms with E-state index in [2.05, 4.69) is 15.8 Å². The molecular weight excluding hydrogens is 514 g/mol. The van der Waals surface area contributed by atoms with Gasteiger partial charge < -0.3 is 28.7 Å². The number of carbonyl (C=O) groups excluding carboxylic acids is 2. The molecule has 0 saturated carbocycles. The van der Waals surface area contributed by atoms with Crippen LogP contribution in [0.5, 0.6) is 23.0 Å². The van der Waals surface area contributed by atoms with E-state index < -0.39 is 11.8 Å². The second-order valence-electron chi connectivity index (χ2n) is 8.55. The zero-order valence-corrected chi connectivity index (χ0v) is 22.8. The van der Waals surface area contributed by atoms with Crippen molar-refractivity contribution in [3.8, 4) is 23.0 Å². The Hall–Kier alpha value is -4.99. The molecule has 0 spiro atoms. The molecule has 0 aliphatic rings. The van der Waals surface area contributed by atoms with Crippen LogP contribution in [-0.2, 0) is 6.42 Å². The SMILES string of the molecule is CCOc1cccc2cc(C(=O)NCCc3ccc(OC)c(OC)c3)/c(=N\NC(=O)c3cccc(OC)c3)oc12. The molecule has 0 saturated heterocycles. The summed E-state index contributed by atoms with van der Waals surface area (Å²) in [5.74, 6) is 1.35. The van der Waals surface area contributed by atoms with Crippen molar-refractivity contribution in [2.75, 3.05) is 34.5 Å². The maximum Gasteiger partial charge on any atom is 0.271 e. The average Bonchev–Trinajstić information content (AvgIpc) is 2.99. The van der Waals surface area contributed by atoms with Crippen molar-refractivity contribution in [1.29, 1.82) is 0 Å². The Balaban J connectivity index is 1.61. The molecule has 40 heavy (non-hydrogen) atoms. The minimum Gasteiger partial charge on any atom is -0.497 e. The lowest BCUT2D eigenvalue weighted by molar-refractivity contribution is 0.0934. The van der Waals surface area contributed by atoms with Crippen molar-refractivity contribution in [3.05, 3.63) is 89.0 Å². The maximum absolute atomic E-state index is 13.3. The fourth-order valence-electron chi connectivity index (χ4n) is 4.02. The van der Waals surface area contributed by atoms with Gasteiger partial charge in [0.05, 0.1) is 27.9 Å². The van der Waals surface area contributed by atoms with E-state index in [-0.39, 0.29) is 11.1 Å². The number of hydrogen-bond donors (Lipinski definition) is 2. The third-order valence-corrected chi connectivity index (χ3v) is 6.02. The summed E-state index contributed by atoms with van der Waals surface area (Å²) in [5, 5.41) is 7.71. The summed E-state index contributed by atoms with van der Waals surface area (Å²) in [6.07, 6.45) is 0.546. The highest BCUT2D eigenvalue weighted by Gasteiger charge is 2.16. The van der Waals surface area contributed by atoms with Crippen LogP contribution in [-0.4, -0.2) is 46.3 Å². The predicted octanol–water partition coefficient (Wildman–Crippen LogP) is 4.08. The van der Waals surface area contributed by atoms with Gasteiger partial charge in [0.2, 0.25) is 5.55 Å². The first-order valence-electron chi connectivity index (χ1n) is 12.6. The van der Waals surface area contributed by atoms with Crippen molar-refractivity contribution in [2.24, 2.45) is 5.10 Å². The third kappa shape index (κ3) is 6.52. The predicted molar refractivity (Wildman–Crippen MR) is 149 cm³/mol. The molecule has 0 bridgehead atoms. The first-order valence-corrected chi connectivity index (χ1v) is 12.6. The number of ether oxygens (including phenoxy) is 4. The number of nitrogens with zero attached hydrogens (tertiary/aromatic N) is 1. The van der Waals surface area contributed by atoms with Gasteiger partial charge in [-0.2, -0.15) is 0 Å². The molecule has 1 heterocycles. The Morgan fingerprint density at radius 3 is 2.40 bits per heavy atom. The number of carbonyl (C=O) groups is 2. The first-order chi connectivity index (χ1) is 19.5. The summed E-state index contributed by atoms with van der Waals surface area (Å²) in [5.41, 5.74) is 4.25. The molecular formula is C30H31N3O7. The third-order valence-electron chi connectivity index (χ3n) is 6.02. The lowest BCUT2D eigenvalue weighted by atomic mass is 10.1. The van der Waals surface area contributed by atoms with Gasteiger partial charge in [-0.1, -0.05) is 24.3 Å². The molecule has 10 heteroatoms. The van der Waals surface area contributed by atoms with E-state index in [4.69, 9.17) is 23.4 Å². The Morgan fingerprint density at radius 1 is 0.850 bits per heavy atom. The average molecular weight is 546 g/mol. The second-order valence-corrected chi connectivity index (χ2v) is 8.55. The molecule has 0 aliphatic carbocycles.